The van der Waals surface area contributed by atoms with Gasteiger partial charge in [0, 0.05) is 17.8 Å². The molecule has 1 aliphatic heterocycles. The lowest BCUT2D eigenvalue weighted by atomic mass is 9.83. The van der Waals surface area contributed by atoms with Crippen LogP contribution in [0.1, 0.15) is 62.6 Å². The van der Waals surface area contributed by atoms with Crippen molar-refractivity contribution < 1.29 is 9.53 Å². The predicted molar refractivity (Wildman–Crippen MR) is 112 cm³/mol. The zero-order valence-electron chi connectivity index (χ0n) is 17.1. The van der Waals surface area contributed by atoms with Crippen LogP contribution in [-0.4, -0.2) is 24.5 Å². The van der Waals surface area contributed by atoms with Gasteiger partial charge in [0.25, 0.3) is 0 Å². The van der Waals surface area contributed by atoms with Gasteiger partial charge in [-0.05, 0) is 58.9 Å². The van der Waals surface area contributed by atoms with Gasteiger partial charge in [0.2, 0.25) is 5.91 Å². The number of carbonyl (C=O) groups excluding carboxylic acids is 1. The van der Waals surface area contributed by atoms with Crippen LogP contribution >= 0.6 is 11.3 Å². The minimum atomic E-state index is 0.0141. The fourth-order valence-corrected chi connectivity index (χ4v) is 5.17. The van der Waals surface area contributed by atoms with Crippen LogP contribution < -0.4 is 4.74 Å². The highest BCUT2D eigenvalue weighted by Crippen LogP contribution is 2.39. The largest absolute Gasteiger partial charge is 0.497 e. The van der Waals surface area contributed by atoms with Crippen molar-refractivity contribution in [3.63, 3.8) is 0 Å². The molecule has 0 spiro atoms. The van der Waals surface area contributed by atoms with E-state index < -0.39 is 0 Å². The van der Waals surface area contributed by atoms with Gasteiger partial charge in [0.1, 0.15) is 5.75 Å². The van der Waals surface area contributed by atoms with Crippen LogP contribution in [0, 0.1) is 11.3 Å². The first-order valence-corrected chi connectivity index (χ1v) is 10.7. The molecule has 1 aromatic heterocycles. The third kappa shape index (κ3) is 4.73. The Kier molecular flexibility index (Phi) is 5.95. The summed E-state index contributed by atoms with van der Waals surface area (Å²) in [5.41, 5.74) is 2.69. The van der Waals surface area contributed by atoms with E-state index in [-0.39, 0.29) is 17.4 Å². The van der Waals surface area contributed by atoms with E-state index >= 15 is 0 Å². The summed E-state index contributed by atoms with van der Waals surface area (Å²) in [4.78, 5) is 16.7. The minimum absolute atomic E-state index is 0.0141. The van der Waals surface area contributed by atoms with E-state index in [1.54, 1.807) is 18.4 Å². The van der Waals surface area contributed by atoms with Gasteiger partial charge in [-0.1, -0.05) is 39.8 Å². The Morgan fingerprint density at radius 2 is 1.96 bits per heavy atom. The Hall–Kier alpha value is -1.81. The maximum Gasteiger partial charge on any atom is 0.223 e. The average molecular weight is 386 g/mol. The molecule has 0 fully saturated rings. The van der Waals surface area contributed by atoms with Gasteiger partial charge in [-0.15, -0.1) is 11.3 Å². The molecule has 146 valence electrons. The van der Waals surface area contributed by atoms with E-state index in [0.717, 1.165) is 30.7 Å². The molecule has 0 aliphatic carbocycles. The molecule has 4 heteroatoms. The van der Waals surface area contributed by atoms with Gasteiger partial charge >= 0.3 is 0 Å². The predicted octanol–water partition coefficient (Wildman–Crippen LogP) is 5.69. The lowest BCUT2D eigenvalue weighted by Gasteiger charge is -2.37. The van der Waals surface area contributed by atoms with Crippen LogP contribution in [0.2, 0.25) is 0 Å². The summed E-state index contributed by atoms with van der Waals surface area (Å²) >= 11 is 1.80. The second-order valence-electron chi connectivity index (χ2n) is 8.89. The lowest BCUT2D eigenvalue weighted by Crippen LogP contribution is -2.40. The third-order valence-corrected chi connectivity index (χ3v) is 6.20. The van der Waals surface area contributed by atoms with Crippen molar-refractivity contribution in [1.29, 1.82) is 0 Å². The highest BCUT2D eigenvalue weighted by Gasteiger charge is 2.33. The number of hydrogen-bond acceptors (Lipinski definition) is 3. The molecule has 3 nitrogen and oxygen atoms in total. The van der Waals surface area contributed by atoms with Gasteiger partial charge in [0.05, 0.1) is 13.2 Å². The number of fused-ring (bicyclic) bond motifs is 1. The first-order valence-electron chi connectivity index (χ1n) is 9.78. The molecule has 27 heavy (non-hydrogen) atoms. The van der Waals surface area contributed by atoms with Crippen LogP contribution in [0.15, 0.2) is 35.7 Å². The van der Waals surface area contributed by atoms with E-state index in [1.165, 1.54) is 10.4 Å². The van der Waals surface area contributed by atoms with Crippen molar-refractivity contribution in [3.05, 3.63) is 51.7 Å². The van der Waals surface area contributed by atoms with E-state index in [0.29, 0.717) is 12.3 Å². The maximum absolute atomic E-state index is 13.2. The monoisotopic (exact) mass is 385 g/mol. The molecule has 2 atom stereocenters. The number of thiophene rings is 1. The summed E-state index contributed by atoms with van der Waals surface area (Å²) in [6, 6.07) is 10.4. The van der Waals surface area contributed by atoms with Crippen molar-refractivity contribution in [1.82, 2.24) is 4.90 Å². The maximum atomic E-state index is 13.2. The lowest BCUT2D eigenvalue weighted by molar-refractivity contribution is -0.134. The minimum Gasteiger partial charge on any atom is -0.497 e. The summed E-state index contributed by atoms with van der Waals surface area (Å²) in [5, 5.41) is 2.15. The van der Waals surface area contributed by atoms with Gasteiger partial charge < -0.3 is 9.64 Å². The van der Waals surface area contributed by atoms with Gasteiger partial charge in [-0.3, -0.25) is 4.79 Å². The van der Waals surface area contributed by atoms with Crippen molar-refractivity contribution >= 4 is 17.2 Å². The number of ether oxygens (including phenoxy) is 1. The van der Waals surface area contributed by atoms with E-state index in [4.69, 9.17) is 4.74 Å². The number of amides is 1. The first kappa shape index (κ1) is 19.9. The molecule has 0 radical (unpaired) electrons. The summed E-state index contributed by atoms with van der Waals surface area (Å²) in [6.07, 6.45) is 2.63. The summed E-state index contributed by atoms with van der Waals surface area (Å²) in [7, 11) is 1.68. The van der Waals surface area contributed by atoms with E-state index in [9.17, 15) is 4.79 Å². The number of carbonyl (C=O) groups is 1. The molecule has 1 aliphatic rings. The summed E-state index contributed by atoms with van der Waals surface area (Å²) in [6.45, 7) is 9.72. The van der Waals surface area contributed by atoms with E-state index in [1.807, 2.05) is 12.1 Å². The Morgan fingerprint density at radius 3 is 2.59 bits per heavy atom. The second-order valence-corrected chi connectivity index (χ2v) is 9.89. The Morgan fingerprint density at radius 1 is 1.26 bits per heavy atom. The quantitative estimate of drug-likeness (QED) is 0.661. The topological polar surface area (TPSA) is 29.5 Å². The molecule has 1 aromatic carbocycles. The Balaban J connectivity index is 1.85. The normalized spacial score (nSPS) is 18.1. The van der Waals surface area contributed by atoms with Crippen molar-refractivity contribution in [3.8, 4) is 5.75 Å². The van der Waals surface area contributed by atoms with Crippen molar-refractivity contribution in [2.24, 2.45) is 11.3 Å². The van der Waals surface area contributed by atoms with Crippen LogP contribution in [0.3, 0.4) is 0 Å². The van der Waals surface area contributed by atoms with Crippen LogP contribution in [-0.2, 0) is 11.2 Å². The number of rotatable bonds is 5. The highest BCUT2D eigenvalue weighted by atomic mass is 32.1. The molecule has 0 saturated carbocycles. The SMILES string of the molecule is COc1ccc([C@H]2c3ccsc3CCN2C(=O)C[C@@H](C)CC(C)(C)C)cc1. The van der Waals surface area contributed by atoms with Crippen LogP contribution in [0.4, 0.5) is 0 Å². The molecule has 0 N–H and O–H groups in total. The zero-order chi connectivity index (χ0) is 19.6. The van der Waals surface area contributed by atoms with Crippen molar-refractivity contribution in [2.75, 3.05) is 13.7 Å². The molecule has 1 amide bonds. The molecule has 2 aromatic rings. The number of hydrogen-bond donors (Lipinski definition) is 0. The highest BCUT2D eigenvalue weighted by molar-refractivity contribution is 7.10. The van der Waals surface area contributed by atoms with Crippen LogP contribution in [0.25, 0.3) is 0 Å². The van der Waals surface area contributed by atoms with Gasteiger partial charge in [-0.25, -0.2) is 0 Å². The molecule has 2 heterocycles. The third-order valence-electron chi connectivity index (χ3n) is 5.20. The Bertz CT molecular complexity index is 772. The standard InChI is InChI=1S/C23H31NO2S/c1-16(15-23(2,3)4)14-21(25)24-12-10-20-19(11-13-27-20)22(24)17-6-8-18(26-5)9-7-17/h6-9,11,13,16,22H,10,12,14-15H2,1-5H3/t16-,22+/m1/s1. The molecular formula is C23H31NO2S. The fraction of sp³-hybridized carbons (Fsp3) is 0.522. The number of methoxy groups -OCH3 is 1. The van der Waals surface area contributed by atoms with Gasteiger partial charge in [0.15, 0.2) is 0 Å². The number of benzene rings is 1. The zero-order valence-corrected chi connectivity index (χ0v) is 17.9. The molecule has 0 saturated heterocycles. The molecule has 0 bridgehead atoms. The molecule has 3 rings (SSSR count). The Labute approximate surface area is 167 Å². The molecular weight excluding hydrogens is 354 g/mol. The second kappa shape index (κ2) is 8.05. The van der Waals surface area contributed by atoms with Crippen molar-refractivity contribution in [2.45, 2.75) is 53.0 Å². The molecule has 0 unspecified atom stereocenters. The first-order chi connectivity index (χ1) is 12.8. The number of nitrogens with zero attached hydrogens (tertiary/aromatic N) is 1. The smallest absolute Gasteiger partial charge is 0.223 e. The van der Waals surface area contributed by atoms with Crippen LogP contribution in [0.5, 0.6) is 5.75 Å². The average Bonchev–Trinajstić information content (AvgIpc) is 3.08. The summed E-state index contributed by atoms with van der Waals surface area (Å²) < 4.78 is 5.31. The fourth-order valence-electron chi connectivity index (χ4n) is 4.26. The summed E-state index contributed by atoms with van der Waals surface area (Å²) in [5.74, 6) is 1.50. The van der Waals surface area contributed by atoms with Gasteiger partial charge in [-0.2, -0.15) is 0 Å². The van der Waals surface area contributed by atoms with E-state index in [2.05, 4.69) is 56.2 Å².